The van der Waals surface area contributed by atoms with Crippen LogP contribution in [0.25, 0.3) is 10.2 Å². The van der Waals surface area contributed by atoms with Gasteiger partial charge in [-0.05, 0) is 74.7 Å². The molecule has 0 spiro atoms. The van der Waals surface area contributed by atoms with Crippen molar-refractivity contribution in [3.63, 3.8) is 0 Å². The Labute approximate surface area is 204 Å². The highest BCUT2D eigenvalue weighted by atomic mass is 32.2. The minimum absolute atomic E-state index is 0.153. The molecule has 1 aromatic heterocycles. The third-order valence-corrected chi connectivity index (χ3v) is 8.48. The third-order valence-electron chi connectivity index (χ3n) is 5.53. The van der Waals surface area contributed by atoms with Crippen molar-refractivity contribution in [3.8, 4) is 0 Å². The standard InChI is InChI=1S/C26H27N3O3S2/c1-17(2)29(16-20-8-6-5-7-9-20)34(31,32)22-12-10-21(11-13-22)25(30)28-26-27-24-19(4)14-18(3)15-23(24)33-26/h5-15,17H,16H2,1-4H3,(H,27,28,30). The molecule has 1 N–H and O–H groups in total. The van der Waals surface area contributed by atoms with Gasteiger partial charge in [-0.2, -0.15) is 4.31 Å². The number of aryl methyl sites for hydroxylation is 2. The minimum Gasteiger partial charge on any atom is -0.298 e. The van der Waals surface area contributed by atoms with E-state index in [4.69, 9.17) is 0 Å². The van der Waals surface area contributed by atoms with Crippen LogP contribution in [0.2, 0.25) is 0 Å². The zero-order valence-electron chi connectivity index (χ0n) is 19.6. The van der Waals surface area contributed by atoms with E-state index in [1.165, 1.54) is 39.9 Å². The normalized spacial score (nSPS) is 11.9. The first kappa shape index (κ1) is 24.1. The molecule has 0 saturated heterocycles. The second kappa shape index (κ2) is 9.66. The van der Waals surface area contributed by atoms with Gasteiger partial charge in [-0.25, -0.2) is 13.4 Å². The van der Waals surface area contributed by atoms with Crippen LogP contribution in [0, 0.1) is 13.8 Å². The Balaban J connectivity index is 1.53. The van der Waals surface area contributed by atoms with Crippen molar-refractivity contribution >= 4 is 42.6 Å². The van der Waals surface area contributed by atoms with Crippen molar-refractivity contribution in [1.82, 2.24) is 9.29 Å². The first-order valence-corrected chi connectivity index (χ1v) is 13.3. The van der Waals surface area contributed by atoms with Crippen molar-refractivity contribution in [2.45, 2.75) is 45.2 Å². The molecule has 0 unspecified atom stereocenters. The highest BCUT2D eigenvalue weighted by Crippen LogP contribution is 2.30. The molecule has 0 aliphatic rings. The molecule has 0 saturated carbocycles. The van der Waals surface area contributed by atoms with E-state index in [-0.39, 0.29) is 23.4 Å². The summed E-state index contributed by atoms with van der Waals surface area (Å²) >= 11 is 1.42. The number of hydrogen-bond acceptors (Lipinski definition) is 5. The van der Waals surface area contributed by atoms with Crippen LogP contribution in [0.15, 0.2) is 71.6 Å². The fourth-order valence-electron chi connectivity index (χ4n) is 3.82. The summed E-state index contributed by atoms with van der Waals surface area (Å²) in [5.74, 6) is -0.331. The van der Waals surface area contributed by atoms with Crippen LogP contribution in [0.3, 0.4) is 0 Å². The molecule has 8 heteroatoms. The fraction of sp³-hybridized carbons (Fsp3) is 0.231. The molecular formula is C26H27N3O3S2. The van der Waals surface area contributed by atoms with Crippen molar-refractivity contribution in [1.29, 1.82) is 0 Å². The van der Waals surface area contributed by atoms with Crippen LogP contribution in [0.1, 0.15) is 40.9 Å². The molecule has 0 atom stereocenters. The lowest BCUT2D eigenvalue weighted by Crippen LogP contribution is -2.36. The number of anilines is 1. The summed E-state index contributed by atoms with van der Waals surface area (Å²) in [5.41, 5.74) is 4.36. The van der Waals surface area contributed by atoms with Crippen LogP contribution >= 0.6 is 11.3 Å². The number of amides is 1. The van der Waals surface area contributed by atoms with Crippen LogP contribution in [0.5, 0.6) is 0 Å². The number of thiazole rings is 1. The van der Waals surface area contributed by atoms with Gasteiger partial charge in [0, 0.05) is 18.2 Å². The zero-order chi connectivity index (χ0) is 24.5. The van der Waals surface area contributed by atoms with E-state index >= 15 is 0 Å². The second-order valence-electron chi connectivity index (χ2n) is 8.56. The predicted molar refractivity (Wildman–Crippen MR) is 138 cm³/mol. The van der Waals surface area contributed by atoms with Gasteiger partial charge in [0.1, 0.15) is 0 Å². The highest BCUT2D eigenvalue weighted by Gasteiger charge is 2.27. The van der Waals surface area contributed by atoms with Crippen molar-refractivity contribution in [2.75, 3.05) is 5.32 Å². The zero-order valence-corrected chi connectivity index (χ0v) is 21.2. The van der Waals surface area contributed by atoms with Gasteiger partial charge in [-0.3, -0.25) is 10.1 Å². The van der Waals surface area contributed by atoms with E-state index < -0.39 is 10.0 Å². The van der Waals surface area contributed by atoms with Gasteiger partial charge in [-0.1, -0.05) is 47.7 Å². The number of carbonyl (C=O) groups excluding carboxylic acids is 1. The second-order valence-corrected chi connectivity index (χ2v) is 11.5. The van der Waals surface area contributed by atoms with Crippen molar-refractivity contribution < 1.29 is 13.2 Å². The van der Waals surface area contributed by atoms with E-state index in [1.807, 2.05) is 64.1 Å². The van der Waals surface area contributed by atoms with Gasteiger partial charge in [0.15, 0.2) is 5.13 Å². The molecule has 0 fully saturated rings. The number of hydrogen-bond donors (Lipinski definition) is 1. The monoisotopic (exact) mass is 493 g/mol. The van der Waals surface area contributed by atoms with Crippen molar-refractivity contribution in [2.24, 2.45) is 0 Å². The Bertz CT molecular complexity index is 1430. The fourth-order valence-corrected chi connectivity index (χ4v) is 6.48. The van der Waals surface area contributed by atoms with Gasteiger partial charge in [-0.15, -0.1) is 0 Å². The number of benzene rings is 3. The molecule has 1 heterocycles. The summed E-state index contributed by atoms with van der Waals surface area (Å²) in [7, 11) is -3.73. The number of rotatable bonds is 7. The van der Waals surface area contributed by atoms with E-state index in [1.54, 1.807) is 0 Å². The maximum Gasteiger partial charge on any atom is 0.257 e. The van der Waals surface area contributed by atoms with E-state index in [9.17, 15) is 13.2 Å². The topological polar surface area (TPSA) is 79.4 Å². The van der Waals surface area contributed by atoms with Gasteiger partial charge in [0.25, 0.3) is 5.91 Å². The van der Waals surface area contributed by atoms with Gasteiger partial charge in [0.05, 0.1) is 15.1 Å². The SMILES string of the molecule is Cc1cc(C)c2nc(NC(=O)c3ccc(S(=O)(=O)N(Cc4ccccc4)C(C)C)cc3)sc2c1. The summed E-state index contributed by atoms with van der Waals surface area (Å²) in [6.07, 6.45) is 0. The van der Waals surface area contributed by atoms with E-state index in [2.05, 4.69) is 16.4 Å². The molecule has 4 rings (SSSR count). The molecule has 0 aliphatic carbocycles. The first-order valence-electron chi connectivity index (χ1n) is 11.0. The largest absolute Gasteiger partial charge is 0.298 e. The number of nitrogens with one attached hydrogen (secondary N) is 1. The minimum atomic E-state index is -3.73. The molecule has 1 amide bonds. The average Bonchev–Trinajstić information content (AvgIpc) is 3.20. The molecule has 0 radical (unpaired) electrons. The number of carbonyl (C=O) groups is 1. The molecule has 0 bridgehead atoms. The van der Waals surface area contributed by atoms with Crippen LogP contribution in [-0.4, -0.2) is 29.7 Å². The molecule has 34 heavy (non-hydrogen) atoms. The van der Waals surface area contributed by atoms with E-state index in [0.717, 1.165) is 26.9 Å². The summed E-state index contributed by atoms with van der Waals surface area (Å²) < 4.78 is 29.1. The lowest BCUT2D eigenvalue weighted by Gasteiger charge is -2.26. The summed E-state index contributed by atoms with van der Waals surface area (Å²) in [6, 6.07) is 19.4. The molecule has 0 aliphatic heterocycles. The van der Waals surface area contributed by atoms with Gasteiger partial charge < -0.3 is 0 Å². The predicted octanol–water partition coefficient (Wildman–Crippen LogP) is 5.76. The van der Waals surface area contributed by atoms with Gasteiger partial charge in [0.2, 0.25) is 10.0 Å². The Morgan fingerprint density at radius 2 is 1.71 bits per heavy atom. The highest BCUT2D eigenvalue weighted by molar-refractivity contribution is 7.89. The third kappa shape index (κ3) is 5.04. The quantitative estimate of drug-likeness (QED) is 0.355. The first-order chi connectivity index (χ1) is 16.1. The average molecular weight is 494 g/mol. The summed E-state index contributed by atoms with van der Waals surface area (Å²) in [4.78, 5) is 17.5. The van der Waals surface area contributed by atoms with Crippen LogP contribution in [0.4, 0.5) is 5.13 Å². The lowest BCUT2D eigenvalue weighted by atomic mass is 10.1. The maximum atomic E-state index is 13.3. The van der Waals surface area contributed by atoms with Crippen LogP contribution < -0.4 is 5.32 Å². The summed E-state index contributed by atoms with van der Waals surface area (Å²) in [6.45, 7) is 8.00. The molecule has 6 nitrogen and oxygen atoms in total. The summed E-state index contributed by atoms with van der Waals surface area (Å²) in [5, 5.41) is 3.35. The van der Waals surface area contributed by atoms with E-state index in [0.29, 0.717) is 10.7 Å². The van der Waals surface area contributed by atoms with Gasteiger partial charge >= 0.3 is 0 Å². The number of aromatic nitrogens is 1. The Kier molecular flexibility index (Phi) is 6.84. The lowest BCUT2D eigenvalue weighted by molar-refractivity contribution is 0.102. The molecule has 176 valence electrons. The van der Waals surface area contributed by atoms with Crippen LogP contribution in [-0.2, 0) is 16.6 Å². The number of sulfonamides is 1. The Morgan fingerprint density at radius 3 is 2.35 bits per heavy atom. The maximum absolute atomic E-state index is 13.3. The Morgan fingerprint density at radius 1 is 1.03 bits per heavy atom. The molecule has 3 aromatic carbocycles. The Hall–Kier alpha value is -3.07. The number of fused-ring (bicyclic) bond motifs is 1. The molecule has 4 aromatic rings. The smallest absolute Gasteiger partial charge is 0.257 e. The van der Waals surface area contributed by atoms with Crippen molar-refractivity contribution in [3.05, 3.63) is 89.0 Å². The number of nitrogens with zero attached hydrogens (tertiary/aromatic N) is 2. The molecular weight excluding hydrogens is 466 g/mol.